The fraction of sp³-hybridized carbons (Fsp3) is 0.100. The van der Waals surface area contributed by atoms with Gasteiger partial charge in [-0.15, -0.1) is 0 Å². The maximum absolute atomic E-state index is 12.7. The Hall–Kier alpha value is -3.94. The molecule has 0 aliphatic heterocycles. The number of benzene rings is 1. The number of aromatic amines is 1. The summed E-state index contributed by atoms with van der Waals surface area (Å²) >= 11 is 0. The number of nitrogens with one attached hydrogen (secondary N) is 2. The third-order valence-electron chi connectivity index (χ3n) is 4.16. The topological polar surface area (TPSA) is 102 Å². The van der Waals surface area contributed by atoms with Crippen LogP contribution in [-0.4, -0.2) is 34.2 Å². The van der Waals surface area contributed by atoms with Crippen LogP contribution in [0.15, 0.2) is 59.7 Å². The summed E-state index contributed by atoms with van der Waals surface area (Å²) in [5.41, 5.74) is 1.30. The quantitative estimate of drug-likeness (QED) is 0.552. The van der Waals surface area contributed by atoms with E-state index in [1.165, 1.54) is 0 Å². The zero-order valence-electron chi connectivity index (χ0n) is 15.3. The van der Waals surface area contributed by atoms with Crippen molar-refractivity contribution in [3.05, 3.63) is 65.2 Å². The number of hydrogen-bond donors (Lipinski definition) is 2. The molecule has 0 saturated heterocycles. The largest absolute Gasteiger partial charge is 0.497 e. The Kier molecular flexibility index (Phi) is 4.59. The van der Waals surface area contributed by atoms with Gasteiger partial charge >= 0.3 is 0 Å². The number of rotatable bonds is 5. The Bertz CT molecular complexity index is 1170. The molecule has 0 radical (unpaired) electrons. The molecule has 8 nitrogen and oxygen atoms in total. The molecule has 0 aliphatic carbocycles. The van der Waals surface area contributed by atoms with Crippen LogP contribution >= 0.6 is 0 Å². The van der Waals surface area contributed by atoms with Crippen LogP contribution in [0.4, 0.5) is 11.8 Å². The van der Waals surface area contributed by atoms with Crippen molar-refractivity contribution >= 4 is 22.8 Å². The van der Waals surface area contributed by atoms with E-state index in [4.69, 9.17) is 9.47 Å². The van der Waals surface area contributed by atoms with Gasteiger partial charge in [-0.25, -0.2) is 9.97 Å². The van der Waals surface area contributed by atoms with Crippen LogP contribution in [0, 0.1) is 0 Å². The molecule has 3 heterocycles. The van der Waals surface area contributed by atoms with Gasteiger partial charge in [0.05, 0.1) is 14.2 Å². The van der Waals surface area contributed by atoms with Gasteiger partial charge in [0.1, 0.15) is 23.0 Å². The molecular formula is C20H17N5O3. The van der Waals surface area contributed by atoms with E-state index in [1.54, 1.807) is 56.9 Å². The second-order valence-electron chi connectivity index (χ2n) is 5.95. The van der Waals surface area contributed by atoms with Crippen molar-refractivity contribution < 1.29 is 9.47 Å². The van der Waals surface area contributed by atoms with Crippen molar-refractivity contribution in [3.8, 4) is 22.6 Å². The van der Waals surface area contributed by atoms with E-state index >= 15 is 0 Å². The summed E-state index contributed by atoms with van der Waals surface area (Å²) in [6, 6.07) is 12.5. The van der Waals surface area contributed by atoms with Gasteiger partial charge in [0, 0.05) is 29.4 Å². The number of nitrogens with zero attached hydrogens (tertiary/aromatic N) is 3. The summed E-state index contributed by atoms with van der Waals surface area (Å²) in [7, 11) is 3.13. The lowest BCUT2D eigenvalue weighted by Crippen LogP contribution is -2.10. The fourth-order valence-corrected chi connectivity index (χ4v) is 2.78. The number of aromatic nitrogens is 4. The van der Waals surface area contributed by atoms with Crippen LogP contribution in [0.3, 0.4) is 0 Å². The number of ether oxygens (including phenoxy) is 2. The van der Waals surface area contributed by atoms with Crippen LogP contribution in [0.5, 0.6) is 11.5 Å². The average molecular weight is 375 g/mol. The second kappa shape index (κ2) is 7.36. The summed E-state index contributed by atoms with van der Waals surface area (Å²) in [6.45, 7) is 0. The fourth-order valence-electron chi connectivity index (χ4n) is 2.78. The van der Waals surface area contributed by atoms with Gasteiger partial charge in [0.15, 0.2) is 0 Å². The average Bonchev–Trinajstić information content (AvgIpc) is 2.73. The first-order valence-electron chi connectivity index (χ1n) is 8.48. The predicted octanol–water partition coefficient (Wildman–Crippen LogP) is 3.14. The Labute approximate surface area is 160 Å². The van der Waals surface area contributed by atoms with E-state index in [-0.39, 0.29) is 5.56 Å². The lowest BCUT2D eigenvalue weighted by Gasteiger charge is -2.09. The van der Waals surface area contributed by atoms with Gasteiger partial charge in [0.25, 0.3) is 5.56 Å². The van der Waals surface area contributed by atoms with Gasteiger partial charge in [-0.05, 0) is 35.9 Å². The van der Waals surface area contributed by atoms with Crippen molar-refractivity contribution in [2.75, 3.05) is 19.5 Å². The summed E-state index contributed by atoms with van der Waals surface area (Å²) < 4.78 is 10.6. The Morgan fingerprint density at radius 2 is 1.79 bits per heavy atom. The Morgan fingerprint density at radius 1 is 1.00 bits per heavy atom. The van der Waals surface area contributed by atoms with Crippen LogP contribution in [0.2, 0.25) is 0 Å². The highest BCUT2D eigenvalue weighted by Crippen LogP contribution is 2.29. The molecule has 0 atom stereocenters. The van der Waals surface area contributed by atoms with Crippen molar-refractivity contribution in [1.82, 2.24) is 19.9 Å². The molecule has 0 saturated carbocycles. The van der Waals surface area contributed by atoms with E-state index < -0.39 is 0 Å². The highest BCUT2D eigenvalue weighted by Gasteiger charge is 2.11. The van der Waals surface area contributed by atoms with Gasteiger partial charge in [-0.3, -0.25) is 4.79 Å². The third-order valence-corrected chi connectivity index (χ3v) is 4.16. The second-order valence-corrected chi connectivity index (χ2v) is 5.95. The molecule has 0 aliphatic rings. The highest BCUT2D eigenvalue weighted by molar-refractivity contribution is 5.81. The van der Waals surface area contributed by atoms with E-state index in [1.807, 2.05) is 12.1 Å². The molecule has 1 aromatic carbocycles. The molecule has 4 aromatic rings. The van der Waals surface area contributed by atoms with Gasteiger partial charge in [-0.2, -0.15) is 4.98 Å². The molecule has 28 heavy (non-hydrogen) atoms. The lowest BCUT2D eigenvalue weighted by molar-refractivity contribution is 0.394. The normalized spacial score (nSPS) is 10.6. The molecular weight excluding hydrogens is 358 g/mol. The maximum Gasteiger partial charge on any atom is 0.257 e. The Balaban J connectivity index is 1.75. The van der Waals surface area contributed by atoms with Crippen molar-refractivity contribution in [1.29, 1.82) is 0 Å². The molecule has 0 spiro atoms. The number of pyridine rings is 2. The monoisotopic (exact) mass is 375 g/mol. The van der Waals surface area contributed by atoms with E-state index in [0.29, 0.717) is 45.4 Å². The molecule has 0 unspecified atom stereocenters. The maximum atomic E-state index is 12.7. The van der Waals surface area contributed by atoms with E-state index in [0.717, 1.165) is 0 Å². The SMILES string of the molecule is COc1cc(OC)cc(-c2cc3cnc(Nc4ccccn4)nc3[nH]c2=O)c1. The first kappa shape index (κ1) is 17.5. The van der Waals surface area contributed by atoms with E-state index in [2.05, 4.69) is 25.3 Å². The van der Waals surface area contributed by atoms with Crippen molar-refractivity contribution in [3.63, 3.8) is 0 Å². The number of methoxy groups -OCH3 is 2. The Morgan fingerprint density at radius 3 is 2.46 bits per heavy atom. The number of fused-ring (bicyclic) bond motifs is 1. The molecule has 3 aromatic heterocycles. The van der Waals surface area contributed by atoms with Gasteiger partial charge in [0.2, 0.25) is 5.95 Å². The predicted molar refractivity (Wildman–Crippen MR) is 106 cm³/mol. The summed E-state index contributed by atoms with van der Waals surface area (Å²) in [6.07, 6.45) is 3.31. The van der Waals surface area contributed by atoms with Crippen molar-refractivity contribution in [2.45, 2.75) is 0 Å². The number of anilines is 2. The van der Waals surface area contributed by atoms with E-state index in [9.17, 15) is 4.79 Å². The minimum absolute atomic E-state index is 0.273. The first-order chi connectivity index (χ1) is 13.7. The van der Waals surface area contributed by atoms with Crippen LogP contribution in [0.25, 0.3) is 22.2 Å². The molecule has 8 heteroatoms. The molecule has 0 fully saturated rings. The molecule has 0 bridgehead atoms. The highest BCUT2D eigenvalue weighted by atomic mass is 16.5. The zero-order chi connectivity index (χ0) is 19.5. The molecule has 0 amide bonds. The number of H-pyrrole nitrogens is 1. The van der Waals surface area contributed by atoms with Crippen LogP contribution in [-0.2, 0) is 0 Å². The number of hydrogen-bond acceptors (Lipinski definition) is 7. The third kappa shape index (κ3) is 3.48. The minimum atomic E-state index is -0.273. The molecule has 2 N–H and O–H groups in total. The summed E-state index contributed by atoms with van der Waals surface area (Å²) in [4.78, 5) is 28.3. The van der Waals surface area contributed by atoms with Crippen LogP contribution in [0.1, 0.15) is 0 Å². The molecule has 140 valence electrons. The summed E-state index contributed by atoms with van der Waals surface area (Å²) in [5, 5.41) is 3.70. The van der Waals surface area contributed by atoms with Gasteiger partial charge < -0.3 is 19.8 Å². The zero-order valence-corrected chi connectivity index (χ0v) is 15.3. The molecule has 4 rings (SSSR count). The van der Waals surface area contributed by atoms with Crippen LogP contribution < -0.4 is 20.3 Å². The smallest absolute Gasteiger partial charge is 0.257 e. The standard InChI is InChI=1S/C20H17N5O3/c1-27-14-7-12(8-15(10-14)28-2)16-9-13-11-22-20(25-18(13)24-19(16)26)23-17-5-3-4-6-21-17/h3-11H,1-2H3,(H2,21,22,23,24,25,26). The summed E-state index contributed by atoms with van der Waals surface area (Å²) in [5.74, 6) is 2.15. The van der Waals surface area contributed by atoms with Gasteiger partial charge in [-0.1, -0.05) is 6.07 Å². The first-order valence-corrected chi connectivity index (χ1v) is 8.48. The lowest BCUT2D eigenvalue weighted by atomic mass is 10.1. The van der Waals surface area contributed by atoms with Crippen molar-refractivity contribution in [2.24, 2.45) is 0 Å². The minimum Gasteiger partial charge on any atom is -0.497 e.